The molecule has 0 saturated heterocycles. The van der Waals surface area contributed by atoms with Gasteiger partial charge in [-0.15, -0.1) is 11.8 Å². The number of hydrogen-bond acceptors (Lipinski definition) is 4. The molecular weight excluding hydrogens is 226 g/mol. The third kappa shape index (κ3) is 8.59. The molecule has 0 aliphatic carbocycles. The van der Waals surface area contributed by atoms with Gasteiger partial charge in [0.2, 0.25) is 5.91 Å². The summed E-state index contributed by atoms with van der Waals surface area (Å²) in [6.45, 7) is 7.72. The number of carbonyl (C=O) groups excluding carboxylic acids is 2. The summed E-state index contributed by atoms with van der Waals surface area (Å²) in [6, 6.07) is 0. The first-order chi connectivity index (χ1) is 7.24. The molecule has 0 bridgehead atoms. The first-order valence-electron chi connectivity index (χ1n) is 5.24. The van der Waals surface area contributed by atoms with Crippen molar-refractivity contribution in [3.05, 3.63) is 0 Å². The van der Waals surface area contributed by atoms with Crippen molar-refractivity contribution in [1.29, 1.82) is 0 Å². The second-order valence-corrected chi connectivity index (χ2v) is 6.13. The second-order valence-electron chi connectivity index (χ2n) is 4.70. The molecule has 0 heterocycles. The Hall–Kier alpha value is -0.710. The van der Waals surface area contributed by atoms with Gasteiger partial charge >= 0.3 is 5.97 Å². The van der Waals surface area contributed by atoms with E-state index in [0.29, 0.717) is 12.2 Å². The Morgan fingerprint density at radius 2 is 1.94 bits per heavy atom. The molecule has 94 valence electrons. The molecule has 5 heteroatoms. The summed E-state index contributed by atoms with van der Waals surface area (Å²) in [4.78, 5) is 22.4. The number of methoxy groups -OCH3 is 1. The number of nitrogens with one attached hydrogen (secondary N) is 1. The molecule has 0 aliphatic rings. The Labute approximate surface area is 101 Å². The molecule has 4 nitrogen and oxygen atoms in total. The molecule has 0 aliphatic heterocycles. The van der Waals surface area contributed by atoms with E-state index in [2.05, 4.69) is 10.1 Å². The van der Waals surface area contributed by atoms with Gasteiger partial charge in [0.05, 0.1) is 19.3 Å². The monoisotopic (exact) mass is 247 g/mol. The number of carbonyl (C=O) groups is 2. The molecule has 0 radical (unpaired) electrons. The summed E-state index contributed by atoms with van der Waals surface area (Å²) in [5.74, 6) is 0.126. The highest BCUT2D eigenvalue weighted by atomic mass is 32.2. The average molecular weight is 247 g/mol. The van der Waals surface area contributed by atoms with E-state index in [4.69, 9.17) is 0 Å². The molecule has 0 rings (SSSR count). The first-order valence-corrected chi connectivity index (χ1v) is 6.29. The van der Waals surface area contributed by atoms with Crippen LogP contribution in [0, 0.1) is 0 Å². The van der Waals surface area contributed by atoms with Crippen LogP contribution in [-0.2, 0) is 14.3 Å². The molecule has 0 fully saturated rings. The van der Waals surface area contributed by atoms with E-state index in [0.717, 1.165) is 0 Å². The van der Waals surface area contributed by atoms with Gasteiger partial charge in [0, 0.05) is 10.8 Å². The van der Waals surface area contributed by atoms with Gasteiger partial charge in [-0.2, -0.15) is 0 Å². The topological polar surface area (TPSA) is 55.4 Å². The van der Waals surface area contributed by atoms with Gasteiger partial charge in [-0.25, -0.2) is 0 Å². The van der Waals surface area contributed by atoms with Crippen LogP contribution < -0.4 is 5.32 Å². The molecule has 1 N–H and O–H groups in total. The van der Waals surface area contributed by atoms with Crippen LogP contribution in [0.25, 0.3) is 0 Å². The highest BCUT2D eigenvalue weighted by Crippen LogP contribution is 2.14. The van der Waals surface area contributed by atoms with Gasteiger partial charge in [-0.05, 0) is 20.8 Å². The Morgan fingerprint density at radius 1 is 1.38 bits per heavy atom. The van der Waals surface area contributed by atoms with Crippen molar-refractivity contribution in [3.63, 3.8) is 0 Å². The molecular formula is C11H21NO3S. The van der Waals surface area contributed by atoms with Crippen molar-refractivity contribution in [2.45, 2.75) is 44.9 Å². The number of amides is 1. The van der Waals surface area contributed by atoms with Crippen molar-refractivity contribution in [2.75, 3.05) is 12.9 Å². The Kier molecular flexibility index (Phi) is 6.48. The lowest BCUT2D eigenvalue weighted by Gasteiger charge is -2.20. The van der Waals surface area contributed by atoms with Crippen LogP contribution in [0.15, 0.2) is 0 Å². The first kappa shape index (κ1) is 15.3. The van der Waals surface area contributed by atoms with E-state index in [1.165, 1.54) is 18.9 Å². The minimum Gasteiger partial charge on any atom is -0.469 e. The van der Waals surface area contributed by atoms with Crippen LogP contribution in [0.4, 0.5) is 0 Å². The third-order valence-electron chi connectivity index (χ3n) is 1.70. The zero-order valence-corrected chi connectivity index (χ0v) is 11.4. The smallest absolute Gasteiger partial charge is 0.306 e. The SMILES string of the molecule is COC(=O)CC(C)SCC(=O)NC(C)(C)C. The third-order valence-corrected chi connectivity index (χ3v) is 2.86. The summed E-state index contributed by atoms with van der Waals surface area (Å²) in [5, 5.41) is 2.96. The van der Waals surface area contributed by atoms with Gasteiger partial charge in [0.25, 0.3) is 0 Å². The van der Waals surface area contributed by atoms with E-state index >= 15 is 0 Å². The minimum absolute atomic E-state index is 0.00536. The van der Waals surface area contributed by atoms with Crippen molar-refractivity contribution in [1.82, 2.24) is 5.32 Å². The molecule has 0 saturated carbocycles. The normalized spacial score (nSPS) is 13.1. The van der Waals surface area contributed by atoms with E-state index < -0.39 is 0 Å². The second kappa shape index (κ2) is 6.78. The maximum atomic E-state index is 11.5. The highest BCUT2D eigenvalue weighted by Gasteiger charge is 2.16. The predicted octanol–water partition coefficient (Wildman–Crippen LogP) is 1.59. The van der Waals surface area contributed by atoms with Crippen LogP contribution in [0.1, 0.15) is 34.1 Å². The summed E-state index contributed by atoms with van der Waals surface area (Å²) in [5.41, 5.74) is -0.205. The van der Waals surface area contributed by atoms with Crippen LogP contribution in [0.5, 0.6) is 0 Å². The fraction of sp³-hybridized carbons (Fsp3) is 0.818. The van der Waals surface area contributed by atoms with E-state index in [1.807, 2.05) is 27.7 Å². The van der Waals surface area contributed by atoms with Crippen molar-refractivity contribution in [3.8, 4) is 0 Å². The Bertz CT molecular complexity index is 248. The average Bonchev–Trinajstić information content (AvgIpc) is 2.12. The van der Waals surface area contributed by atoms with E-state index in [9.17, 15) is 9.59 Å². The molecule has 16 heavy (non-hydrogen) atoms. The molecule has 1 atom stereocenters. The summed E-state index contributed by atoms with van der Waals surface area (Å²) >= 11 is 1.46. The number of thioether (sulfide) groups is 1. The van der Waals surface area contributed by atoms with Crippen molar-refractivity contribution >= 4 is 23.6 Å². The Balaban J connectivity index is 3.79. The molecule has 1 unspecified atom stereocenters. The van der Waals surface area contributed by atoms with Crippen LogP contribution in [-0.4, -0.2) is 35.5 Å². The minimum atomic E-state index is -0.240. The van der Waals surface area contributed by atoms with E-state index in [1.54, 1.807) is 0 Å². The number of esters is 1. The highest BCUT2D eigenvalue weighted by molar-refractivity contribution is 8.00. The standard InChI is InChI=1S/C11H21NO3S/c1-8(6-10(14)15-5)16-7-9(13)12-11(2,3)4/h8H,6-7H2,1-5H3,(H,12,13). The van der Waals surface area contributed by atoms with Crippen molar-refractivity contribution in [2.24, 2.45) is 0 Å². The molecule has 1 amide bonds. The van der Waals surface area contributed by atoms with Gasteiger partial charge in [0.1, 0.15) is 0 Å². The summed E-state index contributed by atoms with van der Waals surface area (Å²) < 4.78 is 4.56. The quantitative estimate of drug-likeness (QED) is 0.750. The molecule has 0 aromatic heterocycles. The number of rotatable bonds is 5. The number of ether oxygens (including phenoxy) is 1. The predicted molar refractivity (Wildman–Crippen MR) is 66.4 cm³/mol. The Morgan fingerprint density at radius 3 is 2.38 bits per heavy atom. The van der Waals surface area contributed by atoms with Crippen LogP contribution in [0.3, 0.4) is 0 Å². The van der Waals surface area contributed by atoms with Gasteiger partial charge in [-0.1, -0.05) is 6.92 Å². The van der Waals surface area contributed by atoms with Gasteiger partial charge in [-0.3, -0.25) is 9.59 Å². The lowest BCUT2D eigenvalue weighted by atomic mass is 10.1. The van der Waals surface area contributed by atoms with Crippen LogP contribution >= 0.6 is 11.8 Å². The molecule has 0 aromatic rings. The molecule has 0 aromatic carbocycles. The molecule has 0 spiro atoms. The largest absolute Gasteiger partial charge is 0.469 e. The van der Waals surface area contributed by atoms with Gasteiger partial charge < -0.3 is 10.1 Å². The zero-order chi connectivity index (χ0) is 12.8. The summed E-state index contributed by atoms with van der Waals surface area (Å²) in [7, 11) is 1.37. The maximum Gasteiger partial charge on any atom is 0.306 e. The van der Waals surface area contributed by atoms with Gasteiger partial charge in [0.15, 0.2) is 0 Å². The number of hydrogen-bond donors (Lipinski definition) is 1. The fourth-order valence-corrected chi connectivity index (χ4v) is 1.81. The fourth-order valence-electron chi connectivity index (χ4n) is 1.05. The zero-order valence-electron chi connectivity index (χ0n) is 10.6. The maximum absolute atomic E-state index is 11.5. The van der Waals surface area contributed by atoms with Crippen LogP contribution in [0.2, 0.25) is 0 Å². The van der Waals surface area contributed by atoms with E-state index in [-0.39, 0.29) is 22.7 Å². The lowest BCUT2D eigenvalue weighted by molar-refractivity contribution is -0.140. The van der Waals surface area contributed by atoms with Crippen molar-refractivity contribution < 1.29 is 14.3 Å². The lowest BCUT2D eigenvalue weighted by Crippen LogP contribution is -2.41. The summed E-state index contributed by atoms with van der Waals surface area (Å²) in [6.07, 6.45) is 0.337.